The molecule has 1 heterocycles. The molecule has 0 amide bonds. The molecule has 1 atom stereocenters. The second-order valence-electron chi connectivity index (χ2n) is 5.00. The van der Waals surface area contributed by atoms with Crippen molar-refractivity contribution in [3.8, 4) is 0 Å². The van der Waals surface area contributed by atoms with Crippen molar-refractivity contribution in [2.75, 3.05) is 0 Å². The zero-order chi connectivity index (χ0) is 10.9. The smallest absolute Gasteiger partial charge is 0.0556 e. The molecule has 1 aromatic rings. The van der Waals surface area contributed by atoms with Crippen molar-refractivity contribution in [1.82, 2.24) is 10.2 Å². The van der Waals surface area contributed by atoms with Crippen molar-refractivity contribution in [3.63, 3.8) is 0 Å². The van der Waals surface area contributed by atoms with Crippen LogP contribution in [0.1, 0.15) is 56.8 Å². The van der Waals surface area contributed by atoms with Crippen molar-refractivity contribution < 1.29 is 0 Å². The topological polar surface area (TPSA) is 54.7 Å². The van der Waals surface area contributed by atoms with Crippen LogP contribution in [-0.4, -0.2) is 10.2 Å². The van der Waals surface area contributed by atoms with Gasteiger partial charge in [-0.3, -0.25) is 5.10 Å². The van der Waals surface area contributed by atoms with E-state index in [4.69, 9.17) is 5.73 Å². The Morgan fingerprint density at radius 2 is 2.20 bits per heavy atom. The number of rotatable bonds is 3. The molecular weight excluding hydrogens is 186 g/mol. The van der Waals surface area contributed by atoms with E-state index in [1.165, 1.54) is 31.2 Å². The molecule has 0 radical (unpaired) electrons. The van der Waals surface area contributed by atoms with Gasteiger partial charge in [0.25, 0.3) is 0 Å². The molecule has 0 aromatic carbocycles. The lowest BCUT2D eigenvalue weighted by Crippen LogP contribution is -2.30. The minimum atomic E-state index is 0.123. The number of aromatic amines is 1. The van der Waals surface area contributed by atoms with E-state index >= 15 is 0 Å². The fraction of sp³-hybridized carbons (Fsp3) is 0.750. The lowest BCUT2D eigenvalue weighted by molar-refractivity contribution is 0.260. The molecule has 0 saturated heterocycles. The summed E-state index contributed by atoms with van der Waals surface area (Å²) in [5.41, 5.74) is 9.09. The van der Waals surface area contributed by atoms with Gasteiger partial charge in [-0.05, 0) is 30.2 Å². The van der Waals surface area contributed by atoms with E-state index in [2.05, 4.69) is 24.0 Å². The zero-order valence-corrected chi connectivity index (χ0v) is 9.71. The van der Waals surface area contributed by atoms with Crippen LogP contribution in [0.25, 0.3) is 0 Å². The van der Waals surface area contributed by atoms with Gasteiger partial charge in [-0.2, -0.15) is 5.10 Å². The third-order valence-corrected chi connectivity index (χ3v) is 3.94. The number of nitrogens with two attached hydrogens (primary N) is 1. The Balaban J connectivity index is 2.23. The standard InChI is InChI=1S/C12H21N3/c1-3-9-8-14-15-10(9)11(13)12(2)6-4-5-7-12/h8,11H,3-7,13H2,1-2H3,(H,14,15). The van der Waals surface area contributed by atoms with Crippen LogP contribution in [0.2, 0.25) is 0 Å². The number of nitrogens with one attached hydrogen (secondary N) is 1. The van der Waals surface area contributed by atoms with Gasteiger partial charge < -0.3 is 5.73 Å². The lowest BCUT2D eigenvalue weighted by atomic mass is 9.78. The third-order valence-electron chi connectivity index (χ3n) is 3.94. The summed E-state index contributed by atoms with van der Waals surface area (Å²) < 4.78 is 0. The van der Waals surface area contributed by atoms with Gasteiger partial charge in [-0.1, -0.05) is 26.7 Å². The average Bonchev–Trinajstić information content (AvgIpc) is 2.85. The summed E-state index contributed by atoms with van der Waals surface area (Å²) in [7, 11) is 0. The molecule has 0 aliphatic heterocycles. The summed E-state index contributed by atoms with van der Waals surface area (Å²) in [5, 5.41) is 7.20. The first-order valence-corrected chi connectivity index (χ1v) is 5.95. The Hall–Kier alpha value is -0.830. The van der Waals surface area contributed by atoms with Gasteiger partial charge >= 0.3 is 0 Å². The first-order valence-electron chi connectivity index (χ1n) is 5.95. The molecule has 84 valence electrons. The minimum Gasteiger partial charge on any atom is -0.322 e. The molecule has 1 aromatic heterocycles. The van der Waals surface area contributed by atoms with E-state index in [0.29, 0.717) is 0 Å². The fourth-order valence-electron chi connectivity index (χ4n) is 2.71. The zero-order valence-electron chi connectivity index (χ0n) is 9.71. The summed E-state index contributed by atoms with van der Waals surface area (Å²) in [6, 6.07) is 0.123. The van der Waals surface area contributed by atoms with Gasteiger partial charge in [-0.25, -0.2) is 0 Å². The highest BCUT2D eigenvalue weighted by Gasteiger charge is 2.37. The quantitative estimate of drug-likeness (QED) is 0.800. The van der Waals surface area contributed by atoms with Gasteiger partial charge in [0.2, 0.25) is 0 Å². The highest BCUT2D eigenvalue weighted by Crippen LogP contribution is 2.46. The van der Waals surface area contributed by atoms with Crippen molar-refractivity contribution in [2.45, 2.75) is 52.0 Å². The second kappa shape index (κ2) is 3.97. The Labute approximate surface area is 91.4 Å². The Bertz CT molecular complexity index is 323. The van der Waals surface area contributed by atoms with Crippen LogP contribution >= 0.6 is 0 Å². The molecular formula is C12H21N3. The number of H-pyrrole nitrogens is 1. The number of aromatic nitrogens is 2. The molecule has 3 nitrogen and oxygen atoms in total. The van der Waals surface area contributed by atoms with Crippen molar-refractivity contribution >= 4 is 0 Å². The maximum atomic E-state index is 6.38. The Morgan fingerprint density at radius 1 is 1.53 bits per heavy atom. The first-order chi connectivity index (χ1) is 7.17. The fourth-order valence-corrected chi connectivity index (χ4v) is 2.71. The summed E-state index contributed by atoms with van der Waals surface area (Å²) in [4.78, 5) is 0. The molecule has 0 bridgehead atoms. The monoisotopic (exact) mass is 207 g/mol. The molecule has 2 rings (SSSR count). The van der Waals surface area contributed by atoms with E-state index in [-0.39, 0.29) is 11.5 Å². The molecule has 1 aliphatic carbocycles. The van der Waals surface area contributed by atoms with Crippen LogP contribution in [0, 0.1) is 5.41 Å². The van der Waals surface area contributed by atoms with Gasteiger partial charge in [-0.15, -0.1) is 0 Å². The predicted octanol–water partition coefficient (Wildman–Crippen LogP) is 2.55. The summed E-state index contributed by atoms with van der Waals surface area (Å²) in [6.45, 7) is 4.46. The van der Waals surface area contributed by atoms with Gasteiger partial charge in [0.15, 0.2) is 0 Å². The van der Waals surface area contributed by atoms with Crippen LogP contribution in [0.5, 0.6) is 0 Å². The van der Waals surface area contributed by atoms with E-state index < -0.39 is 0 Å². The number of hydrogen-bond donors (Lipinski definition) is 2. The number of nitrogens with zero attached hydrogens (tertiary/aromatic N) is 1. The van der Waals surface area contributed by atoms with Gasteiger partial charge in [0.1, 0.15) is 0 Å². The molecule has 1 aliphatic rings. The largest absolute Gasteiger partial charge is 0.322 e. The number of aryl methyl sites for hydroxylation is 1. The molecule has 3 N–H and O–H groups in total. The SMILES string of the molecule is CCc1cn[nH]c1C(N)C1(C)CCCC1. The maximum Gasteiger partial charge on any atom is 0.0556 e. The van der Waals surface area contributed by atoms with Crippen LogP contribution < -0.4 is 5.73 Å². The normalized spacial score (nSPS) is 21.8. The Morgan fingerprint density at radius 3 is 2.80 bits per heavy atom. The van der Waals surface area contributed by atoms with Crippen molar-refractivity contribution in [1.29, 1.82) is 0 Å². The Kier molecular flexibility index (Phi) is 2.83. The maximum absolute atomic E-state index is 6.38. The summed E-state index contributed by atoms with van der Waals surface area (Å²) in [6.07, 6.45) is 8.05. The molecule has 1 saturated carbocycles. The summed E-state index contributed by atoms with van der Waals surface area (Å²) >= 11 is 0. The lowest BCUT2D eigenvalue weighted by Gasteiger charge is -2.30. The molecule has 1 fully saturated rings. The van der Waals surface area contributed by atoms with Crippen LogP contribution in [0.15, 0.2) is 6.20 Å². The highest BCUT2D eigenvalue weighted by molar-refractivity contribution is 5.22. The third kappa shape index (κ3) is 1.81. The first kappa shape index (κ1) is 10.7. The van der Waals surface area contributed by atoms with Crippen molar-refractivity contribution in [2.24, 2.45) is 11.1 Å². The minimum absolute atomic E-state index is 0.123. The highest BCUT2D eigenvalue weighted by atomic mass is 15.1. The van der Waals surface area contributed by atoms with Crippen LogP contribution in [0.3, 0.4) is 0 Å². The van der Waals surface area contributed by atoms with E-state index in [1.807, 2.05) is 6.20 Å². The van der Waals surface area contributed by atoms with Crippen LogP contribution in [-0.2, 0) is 6.42 Å². The van der Waals surface area contributed by atoms with Crippen molar-refractivity contribution in [3.05, 3.63) is 17.5 Å². The molecule has 0 spiro atoms. The van der Waals surface area contributed by atoms with Gasteiger partial charge in [0, 0.05) is 0 Å². The number of hydrogen-bond acceptors (Lipinski definition) is 2. The summed E-state index contributed by atoms with van der Waals surface area (Å²) in [5.74, 6) is 0. The average molecular weight is 207 g/mol. The second-order valence-corrected chi connectivity index (χ2v) is 5.00. The molecule has 1 unspecified atom stereocenters. The van der Waals surface area contributed by atoms with E-state index in [1.54, 1.807) is 0 Å². The van der Waals surface area contributed by atoms with E-state index in [0.717, 1.165) is 12.1 Å². The molecule has 3 heteroatoms. The van der Waals surface area contributed by atoms with E-state index in [9.17, 15) is 0 Å². The molecule has 15 heavy (non-hydrogen) atoms. The predicted molar refractivity (Wildman–Crippen MR) is 61.5 cm³/mol. The van der Waals surface area contributed by atoms with Gasteiger partial charge in [0.05, 0.1) is 17.9 Å². The van der Waals surface area contributed by atoms with Crippen LogP contribution in [0.4, 0.5) is 0 Å².